The molecular weight excluding hydrogens is 328 g/mol. The van der Waals surface area contributed by atoms with Gasteiger partial charge in [0, 0.05) is 11.3 Å². The maximum Gasteiger partial charge on any atom is 0.318 e. The molecule has 0 unspecified atom stereocenters. The van der Waals surface area contributed by atoms with Crippen LogP contribution in [0, 0.1) is 0 Å². The van der Waals surface area contributed by atoms with Gasteiger partial charge in [0.15, 0.2) is 11.4 Å². The summed E-state index contributed by atoms with van der Waals surface area (Å²) in [5.74, 6) is -0.0260. The van der Waals surface area contributed by atoms with E-state index in [0.717, 1.165) is 5.69 Å². The van der Waals surface area contributed by atoms with E-state index in [-0.39, 0.29) is 18.2 Å². The molecule has 2 aromatic heterocycles. The first-order valence-corrected chi connectivity index (χ1v) is 8.18. The van der Waals surface area contributed by atoms with Gasteiger partial charge in [-0.2, -0.15) is 9.97 Å². The molecule has 0 N–H and O–H groups in total. The second kappa shape index (κ2) is 6.76. The van der Waals surface area contributed by atoms with Gasteiger partial charge in [-0.25, -0.2) is 4.98 Å². The van der Waals surface area contributed by atoms with Crippen molar-refractivity contribution in [3.63, 3.8) is 0 Å². The molecule has 0 saturated heterocycles. The van der Waals surface area contributed by atoms with Gasteiger partial charge in [-0.3, -0.25) is 9.36 Å². The van der Waals surface area contributed by atoms with Crippen molar-refractivity contribution in [2.75, 3.05) is 7.11 Å². The van der Waals surface area contributed by atoms with Crippen LogP contribution < -0.4 is 4.74 Å². The Bertz CT molecular complexity index is 1060. The molecule has 6 nitrogen and oxygen atoms in total. The number of carbonyl (C=O) groups excluding carboxylic acids is 1. The van der Waals surface area contributed by atoms with E-state index in [1.165, 1.54) is 7.11 Å². The Morgan fingerprint density at radius 3 is 2.38 bits per heavy atom. The number of rotatable bonds is 5. The molecule has 0 aliphatic carbocycles. The molecule has 0 fully saturated rings. The maximum absolute atomic E-state index is 12.6. The highest BCUT2D eigenvalue weighted by molar-refractivity contribution is 5.98. The van der Waals surface area contributed by atoms with Crippen molar-refractivity contribution < 1.29 is 9.53 Å². The smallest absolute Gasteiger partial charge is 0.318 e. The fourth-order valence-corrected chi connectivity index (χ4v) is 2.81. The summed E-state index contributed by atoms with van der Waals surface area (Å²) >= 11 is 0. The number of para-hydroxylation sites is 1. The zero-order chi connectivity index (χ0) is 17.9. The van der Waals surface area contributed by atoms with E-state index in [1.54, 1.807) is 18.5 Å². The van der Waals surface area contributed by atoms with E-state index in [1.807, 2.05) is 53.1 Å². The number of methoxy groups -OCH3 is 1. The van der Waals surface area contributed by atoms with Crippen molar-refractivity contribution in [2.24, 2.45) is 0 Å². The molecule has 0 amide bonds. The summed E-state index contributed by atoms with van der Waals surface area (Å²) in [4.78, 5) is 25.8. The number of benzene rings is 2. The molecule has 26 heavy (non-hydrogen) atoms. The van der Waals surface area contributed by atoms with Gasteiger partial charge in [-0.15, -0.1) is 0 Å². The molecule has 0 aliphatic heterocycles. The number of ketones is 1. The van der Waals surface area contributed by atoms with Crippen LogP contribution >= 0.6 is 0 Å². The largest absolute Gasteiger partial charge is 0.467 e. The summed E-state index contributed by atoms with van der Waals surface area (Å²) in [5, 5.41) is 0. The number of ether oxygens (including phenoxy) is 1. The Kier molecular flexibility index (Phi) is 4.15. The second-order valence-electron chi connectivity index (χ2n) is 5.75. The lowest BCUT2D eigenvalue weighted by Crippen LogP contribution is -2.08. The van der Waals surface area contributed by atoms with E-state index in [0.29, 0.717) is 22.4 Å². The van der Waals surface area contributed by atoms with Crippen LogP contribution in [0.4, 0.5) is 0 Å². The standard InChI is InChI=1S/C20H16N4O2/c1-26-20-22-16(12-17(25)14-8-4-2-5-9-14)18-19(23-20)24(13-21-18)15-10-6-3-7-11-15/h2-11,13H,12H2,1H3. The van der Waals surface area contributed by atoms with Gasteiger partial charge < -0.3 is 4.74 Å². The van der Waals surface area contributed by atoms with Gasteiger partial charge in [0.2, 0.25) is 0 Å². The van der Waals surface area contributed by atoms with E-state index < -0.39 is 0 Å². The summed E-state index contributed by atoms with van der Waals surface area (Å²) < 4.78 is 7.09. The van der Waals surface area contributed by atoms with E-state index in [2.05, 4.69) is 15.0 Å². The van der Waals surface area contributed by atoms with Crippen LogP contribution in [0.25, 0.3) is 16.9 Å². The lowest BCUT2D eigenvalue weighted by molar-refractivity contribution is 0.0992. The minimum Gasteiger partial charge on any atom is -0.467 e. The SMILES string of the molecule is COc1nc(CC(=O)c2ccccc2)c2ncn(-c3ccccc3)c2n1. The van der Waals surface area contributed by atoms with Crippen molar-refractivity contribution in [1.29, 1.82) is 0 Å². The van der Waals surface area contributed by atoms with E-state index >= 15 is 0 Å². The summed E-state index contributed by atoms with van der Waals surface area (Å²) in [6.45, 7) is 0. The van der Waals surface area contributed by atoms with Gasteiger partial charge >= 0.3 is 6.01 Å². The van der Waals surface area contributed by atoms with Crippen LogP contribution in [0.1, 0.15) is 16.1 Å². The van der Waals surface area contributed by atoms with Crippen LogP contribution in [0.3, 0.4) is 0 Å². The zero-order valence-corrected chi connectivity index (χ0v) is 14.2. The highest BCUT2D eigenvalue weighted by Crippen LogP contribution is 2.22. The van der Waals surface area contributed by atoms with Crippen molar-refractivity contribution in [1.82, 2.24) is 19.5 Å². The third-order valence-electron chi connectivity index (χ3n) is 4.09. The molecule has 4 aromatic rings. The second-order valence-corrected chi connectivity index (χ2v) is 5.75. The summed E-state index contributed by atoms with van der Waals surface area (Å²) in [6.07, 6.45) is 1.82. The predicted molar refractivity (Wildman–Crippen MR) is 97.7 cm³/mol. The van der Waals surface area contributed by atoms with E-state index in [9.17, 15) is 4.79 Å². The van der Waals surface area contributed by atoms with Crippen molar-refractivity contribution in [3.8, 4) is 11.7 Å². The molecule has 6 heteroatoms. The Hall–Kier alpha value is -3.54. The first kappa shape index (κ1) is 16.0. The number of hydrogen-bond acceptors (Lipinski definition) is 5. The molecule has 0 atom stereocenters. The number of imidazole rings is 1. The fourth-order valence-electron chi connectivity index (χ4n) is 2.81. The van der Waals surface area contributed by atoms with Crippen LogP contribution in [0.2, 0.25) is 0 Å². The predicted octanol–water partition coefficient (Wildman–Crippen LogP) is 3.25. The average molecular weight is 344 g/mol. The lowest BCUT2D eigenvalue weighted by atomic mass is 10.1. The third-order valence-corrected chi connectivity index (χ3v) is 4.09. The number of carbonyl (C=O) groups is 1. The van der Waals surface area contributed by atoms with Crippen molar-refractivity contribution >= 4 is 16.9 Å². The first-order valence-electron chi connectivity index (χ1n) is 8.18. The molecule has 4 rings (SSSR count). The Morgan fingerprint density at radius 2 is 1.69 bits per heavy atom. The molecule has 2 heterocycles. The molecule has 0 aliphatic rings. The molecule has 0 radical (unpaired) electrons. The van der Waals surface area contributed by atoms with Gasteiger partial charge in [0.25, 0.3) is 0 Å². The molecular formula is C20H16N4O2. The van der Waals surface area contributed by atoms with Crippen LogP contribution in [-0.4, -0.2) is 32.4 Å². The number of Topliss-reactive ketones (excluding diaryl/α,β-unsaturated/α-hetero) is 1. The minimum absolute atomic E-state index is 0.0260. The van der Waals surface area contributed by atoms with Gasteiger partial charge in [0.1, 0.15) is 11.8 Å². The molecule has 0 spiro atoms. The van der Waals surface area contributed by atoms with E-state index in [4.69, 9.17) is 4.74 Å². The number of nitrogens with zero attached hydrogens (tertiary/aromatic N) is 4. The highest BCUT2D eigenvalue weighted by atomic mass is 16.5. The summed E-state index contributed by atoms with van der Waals surface area (Å²) in [5.41, 5.74) is 3.32. The van der Waals surface area contributed by atoms with Gasteiger partial charge in [-0.1, -0.05) is 48.5 Å². The minimum atomic E-state index is -0.0260. The maximum atomic E-state index is 12.6. The van der Waals surface area contributed by atoms with Crippen LogP contribution in [0.15, 0.2) is 67.0 Å². The highest BCUT2D eigenvalue weighted by Gasteiger charge is 2.17. The quantitative estimate of drug-likeness (QED) is 0.520. The Balaban J connectivity index is 1.80. The molecule has 0 bridgehead atoms. The van der Waals surface area contributed by atoms with Gasteiger partial charge in [-0.05, 0) is 12.1 Å². The summed E-state index contributed by atoms with van der Waals surface area (Å²) in [7, 11) is 1.51. The third kappa shape index (κ3) is 2.93. The topological polar surface area (TPSA) is 69.9 Å². The zero-order valence-electron chi connectivity index (χ0n) is 14.2. The monoisotopic (exact) mass is 344 g/mol. The normalized spacial score (nSPS) is 10.8. The molecule has 2 aromatic carbocycles. The number of aromatic nitrogens is 4. The van der Waals surface area contributed by atoms with Crippen molar-refractivity contribution in [2.45, 2.75) is 6.42 Å². The first-order chi connectivity index (χ1) is 12.8. The van der Waals surface area contributed by atoms with Crippen LogP contribution in [-0.2, 0) is 6.42 Å². The van der Waals surface area contributed by atoms with Crippen molar-refractivity contribution in [3.05, 3.63) is 78.2 Å². The average Bonchev–Trinajstić information content (AvgIpc) is 3.13. The van der Waals surface area contributed by atoms with Crippen LogP contribution in [0.5, 0.6) is 6.01 Å². The van der Waals surface area contributed by atoms with Gasteiger partial charge in [0.05, 0.1) is 19.2 Å². The summed E-state index contributed by atoms with van der Waals surface area (Å²) in [6, 6.07) is 19.1. The molecule has 128 valence electrons. The molecule has 0 saturated carbocycles. The Labute approximate surface area is 150 Å². The lowest BCUT2D eigenvalue weighted by Gasteiger charge is -2.07. The number of fused-ring (bicyclic) bond motifs is 1. The number of hydrogen-bond donors (Lipinski definition) is 0. The fraction of sp³-hybridized carbons (Fsp3) is 0.100. The Morgan fingerprint density at radius 1 is 1.00 bits per heavy atom.